The molecule has 2 aromatic rings. The Labute approximate surface area is 128 Å². The van der Waals surface area contributed by atoms with E-state index in [1.165, 1.54) is 0 Å². The second-order valence-electron chi connectivity index (χ2n) is 5.58. The first-order chi connectivity index (χ1) is 10.1. The summed E-state index contributed by atoms with van der Waals surface area (Å²) in [6.07, 6.45) is 0. The predicted molar refractivity (Wildman–Crippen MR) is 87.3 cm³/mol. The Morgan fingerprint density at radius 1 is 1.14 bits per heavy atom. The monoisotopic (exact) mass is 304 g/mol. The van der Waals surface area contributed by atoms with Crippen LogP contribution in [0.5, 0.6) is 0 Å². The highest BCUT2D eigenvalue weighted by Crippen LogP contribution is 2.06. The predicted octanol–water partition coefficient (Wildman–Crippen LogP) is 1.31. The highest BCUT2D eigenvalue weighted by molar-refractivity contribution is 7.71. The fourth-order valence-electron chi connectivity index (χ4n) is 2.71. The van der Waals surface area contributed by atoms with Crippen molar-refractivity contribution in [3.63, 3.8) is 0 Å². The molecule has 0 atom stereocenters. The standard InChI is InChI=1S/C15H20N4OS/c1-17-6-8-18(9-7-17)10-11-19-14(20)12-4-2-3-5-13(12)16-15(19)21/h2-5H,6-11H2,1H3,(H,16,21). The van der Waals surface area contributed by atoms with Gasteiger partial charge in [-0.2, -0.15) is 0 Å². The van der Waals surface area contributed by atoms with Crippen LogP contribution in [0.2, 0.25) is 0 Å². The molecular weight excluding hydrogens is 284 g/mol. The number of hydrogen-bond acceptors (Lipinski definition) is 4. The first-order valence-corrected chi connectivity index (χ1v) is 7.69. The van der Waals surface area contributed by atoms with Gasteiger partial charge in [0.15, 0.2) is 4.77 Å². The van der Waals surface area contributed by atoms with Crippen LogP contribution in [0.1, 0.15) is 0 Å². The Hall–Kier alpha value is -1.50. The van der Waals surface area contributed by atoms with Crippen LogP contribution >= 0.6 is 12.2 Å². The highest BCUT2D eigenvalue weighted by atomic mass is 32.1. The van der Waals surface area contributed by atoms with Crippen LogP contribution < -0.4 is 5.56 Å². The average molecular weight is 304 g/mol. The van der Waals surface area contributed by atoms with Gasteiger partial charge in [-0.05, 0) is 31.4 Å². The van der Waals surface area contributed by atoms with Gasteiger partial charge in [-0.25, -0.2) is 0 Å². The van der Waals surface area contributed by atoms with Gasteiger partial charge < -0.3 is 9.88 Å². The third-order valence-electron chi connectivity index (χ3n) is 4.13. The number of hydrogen-bond donors (Lipinski definition) is 1. The Bertz CT molecular complexity index is 743. The number of H-pyrrole nitrogens is 1. The molecule has 5 nitrogen and oxygen atoms in total. The number of aromatic nitrogens is 2. The van der Waals surface area contributed by atoms with Gasteiger partial charge in [-0.1, -0.05) is 12.1 Å². The summed E-state index contributed by atoms with van der Waals surface area (Å²) in [5, 5.41) is 0.699. The van der Waals surface area contributed by atoms with E-state index in [-0.39, 0.29) is 5.56 Å². The van der Waals surface area contributed by atoms with Crippen molar-refractivity contribution in [2.75, 3.05) is 39.8 Å². The molecule has 0 radical (unpaired) electrons. The minimum atomic E-state index is 0.00322. The van der Waals surface area contributed by atoms with Crippen LogP contribution in [-0.2, 0) is 6.54 Å². The molecule has 1 saturated heterocycles. The molecule has 1 aromatic heterocycles. The van der Waals surface area contributed by atoms with Crippen LogP contribution in [0.25, 0.3) is 10.9 Å². The van der Waals surface area contributed by atoms with E-state index in [1.807, 2.05) is 24.3 Å². The van der Waals surface area contributed by atoms with Crippen molar-refractivity contribution >= 4 is 23.1 Å². The van der Waals surface area contributed by atoms with Crippen LogP contribution in [0.15, 0.2) is 29.1 Å². The number of piperazine rings is 1. The average Bonchev–Trinajstić information content (AvgIpc) is 2.49. The quantitative estimate of drug-likeness (QED) is 0.868. The summed E-state index contributed by atoms with van der Waals surface area (Å²) >= 11 is 5.33. The Morgan fingerprint density at radius 3 is 2.62 bits per heavy atom. The smallest absolute Gasteiger partial charge is 0.262 e. The summed E-state index contributed by atoms with van der Waals surface area (Å²) < 4.78 is 2.18. The molecule has 0 spiro atoms. The van der Waals surface area contributed by atoms with E-state index >= 15 is 0 Å². The SMILES string of the molecule is CN1CCN(CCn2c(=S)[nH]c3ccccc3c2=O)CC1. The Morgan fingerprint density at radius 2 is 1.86 bits per heavy atom. The number of aromatic amines is 1. The van der Waals surface area contributed by atoms with Gasteiger partial charge in [0.1, 0.15) is 0 Å². The highest BCUT2D eigenvalue weighted by Gasteiger charge is 2.14. The van der Waals surface area contributed by atoms with E-state index in [2.05, 4.69) is 21.8 Å². The number of fused-ring (bicyclic) bond motifs is 1. The number of rotatable bonds is 3. The number of benzene rings is 1. The molecule has 3 rings (SSSR count). The molecule has 2 heterocycles. The molecule has 1 aliphatic rings. The van der Waals surface area contributed by atoms with Crippen LogP contribution in [0, 0.1) is 4.77 Å². The molecule has 21 heavy (non-hydrogen) atoms. The lowest BCUT2D eigenvalue weighted by Crippen LogP contribution is -2.45. The summed E-state index contributed by atoms with van der Waals surface area (Å²) in [5.41, 5.74) is 0.812. The number of likely N-dealkylation sites (N-methyl/N-ethyl adjacent to an activating group) is 1. The van der Waals surface area contributed by atoms with E-state index in [0.717, 1.165) is 38.2 Å². The van der Waals surface area contributed by atoms with Gasteiger partial charge in [0, 0.05) is 39.3 Å². The fourth-order valence-corrected chi connectivity index (χ4v) is 3.00. The zero-order chi connectivity index (χ0) is 14.8. The molecule has 1 aromatic carbocycles. The van der Waals surface area contributed by atoms with Crippen LogP contribution in [0.3, 0.4) is 0 Å². The van der Waals surface area contributed by atoms with E-state index in [9.17, 15) is 4.79 Å². The van der Waals surface area contributed by atoms with E-state index < -0.39 is 0 Å². The van der Waals surface area contributed by atoms with Crippen molar-refractivity contribution < 1.29 is 0 Å². The molecule has 0 bridgehead atoms. The second-order valence-corrected chi connectivity index (χ2v) is 5.96. The summed E-state index contributed by atoms with van der Waals surface area (Å²) in [5.74, 6) is 0. The van der Waals surface area contributed by atoms with Crippen molar-refractivity contribution in [1.82, 2.24) is 19.4 Å². The zero-order valence-corrected chi connectivity index (χ0v) is 13.0. The van der Waals surface area contributed by atoms with Crippen molar-refractivity contribution in [2.24, 2.45) is 0 Å². The van der Waals surface area contributed by atoms with Crippen molar-refractivity contribution in [2.45, 2.75) is 6.54 Å². The summed E-state index contributed by atoms with van der Waals surface area (Å²) in [6, 6.07) is 7.51. The van der Waals surface area contributed by atoms with Crippen molar-refractivity contribution in [3.05, 3.63) is 39.4 Å². The minimum absolute atomic E-state index is 0.00322. The molecule has 0 saturated carbocycles. The lowest BCUT2D eigenvalue weighted by Gasteiger charge is -2.32. The normalized spacial score (nSPS) is 17.4. The molecule has 0 aliphatic carbocycles. The zero-order valence-electron chi connectivity index (χ0n) is 12.2. The van der Waals surface area contributed by atoms with Gasteiger partial charge in [-0.15, -0.1) is 0 Å². The second kappa shape index (κ2) is 6.09. The molecule has 1 aliphatic heterocycles. The van der Waals surface area contributed by atoms with Gasteiger partial charge in [0.2, 0.25) is 0 Å². The largest absolute Gasteiger partial charge is 0.332 e. The maximum Gasteiger partial charge on any atom is 0.262 e. The van der Waals surface area contributed by atoms with Crippen LogP contribution in [0.4, 0.5) is 0 Å². The molecule has 1 fully saturated rings. The lowest BCUT2D eigenvalue weighted by molar-refractivity contribution is 0.149. The summed E-state index contributed by atoms with van der Waals surface area (Å²) in [4.78, 5) is 20.4. The first kappa shape index (κ1) is 14.4. The van der Waals surface area contributed by atoms with Gasteiger partial charge in [0.25, 0.3) is 5.56 Å². The maximum absolute atomic E-state index is 12.5. The third kappa shape index (κ3) is 3.07. The summed E-state index contributed by atoms with van der Waals surface area (Å²) in [6.45, 7) is 5.77. The first-order valence-electron chi connectivity index (χ1n) is 7.28. The fraction of sp³-hybridized carbons (Fsp3) is 0.467. The number of nitrogens with one attached hydrogen (secondary N) is 1. The number of para-hydroxylation sites is 1. The van der Waals surface area contributed by atoms with Gasteiger partial charge >= 0.3 is 0 Å². The lowest BCUT2D eigenvalue weighted by atomic mass is 10.2. The molecule has 6 heteroatoms. The van der Waals surface area contributed by atoms with Crippen LogP contribution in [-0.4, -0.2) is 59.1 Å². The van der Waals surface area contributed by atoms with Crippen molar-refractivity contribution in [3.8, 4) is 0 Å². The maximum atomic E-state index is 12.5. The van der Waals surface area contributed by atoms with Gasteiger partial charge in [-0.3, -0.25) is 14.3 Å². The topological polar surface area (TPSA) is 44.3 Å². The number of nitrogens with zero attached hydrogens (tertiary/aromatic N) is 3. The van der Waals surface area contributed by atoms with E-state index in [1.54, 1.807) is 4.57 Å². The Kier molecular flexibility index (Phi) is 4.19. The summed E-state index contributed by atoms with van der Waals surface area (Å²) in [7, 11) is 2.14. The molecule has 0 unspecified atom stereocenters. The third-order valence-corrected chi connectivity index (χ3v) is 4.45. The molecule has 0 amide bonds. The molecular formula is C15H20N4OS. The Balaban J connectivity index is 1.81. The molecule has 112 valence electrons. The minimum Gasteiger partial charge on any atom is -0.332 e. The van der Waals surface area contributed by atoms with Crippen molar-refractivity contribution in [1.29, 1.82) is 0 Å². The molecule has 1 N–H and O–H groups in total. The van der Waals surface area contributed by atoms with E-state index in [4.69, 9.17) is 12.2 Å². The van der Waals surface area contributed by atoms with E-state index in [0.29, 0.717) is 16.7 Å². The van der Waals surface area contributed by atoms with Gasteiger partial charge in [0.05, 0.1) is 10.9 Å².